The van der Waals surface area contributed by atoms with Crippen LogP contribution in [0.3, 0.4) is 0 Å². The number of hydrogen-bond donors (Lipinski definition) is 0. The van der Waals surface area contributed by atoms with Crippen LogP contribution in [0.25, 0.3) is 0 Å². The number of likely N-dealkylation sites (tertiary alicyclic amines) is 1. The smallest absolute Gasteiger partial charge is 0.224 e. The number of carbonyl (C=O) groups excluding carboxylic acids is 1. The Kier molecular flexibility index (Phi) is 8.00. The summed E-state index contributed by atoms with van der Waals surface area (Å²) in [5.41, 5.74) is 3.69. The van der Waals surface area contributed by atoms with Crippen molar-refractivity contribution in [3.63, 3.8) is 0 Å². The van der Waals surface area contributed by atoms with Crippen molar-refractivity contribution >= 4 is 5.91 Å². The second-order valence-corrected chi connectivity index (χ2v) is 7.44. The average Bonchev–Trinajstić information content (AvgIpc) is 2.74. The predicted molar refractivity (Wildman–Crippen MR) is 109 cm³/mol. The molecule has 2 heterocycles. The molecule has 1 aromatic carbocycles. The van der Waals surface area contributed by atoms with E-state index in [1.54, 1.807) is 19.5 Å². The van der Waals surface area contributed by atoms with Gasteiger partial charge in [-0.3, -0.25) is 9.78 Å². The largest absolute Gasteiger partial charge is 0.384 e. The summed E-state index contributed by atoms with van der Waals surface area (Å²) in [6.07, 6.45) is 7.30. The molecule has 0 bridgehead atoms. The maximum absolute atomic E-state index is 12.1. The fraction of sp³-hybridized carbons (Fsp3) is 0.478. The van der Waals surface area contributed by atoms with E-state index in [-0.39, 0.29) is 5.91 Å². The number of nitrogens with zero attached hydrogens (tertiary/aromatic N) is 2. The zero-order valence-corrected chi connectivity index (χ0v) is 16.7. The minimum absolute atomic E-state index is 0.219. The van der Waals surface area contributed by atoms with Gasteiger partial charge in [0.25, 0.3) is 0 Å². The molecule has 3 rings (SSSR count). The SMILES string of the molecule is COCCC(=O)N1CCC(Cc2ccc(COCc3ccncc3)cc2)CC1. The van der Waals surface area contributed by atoms with Gasteiger partial charge in [0.1, 0.15) is 0 Å². The van der Waals surface area contributed by atoms with Crippen molar-refractivity contribution < 1.29 is 14.3 Å². The van der Waals surface area contributed by atoms with Gasteiger partial charge in [0.2, 0.25) is 5.91 Å². The minimum atomic E-state index is 0.219. The van der Waals surface area contributed by atoms with Crippen molar-refractivity contribution in [1.82, 2.24) is 9.88 Å². The molecule has 1 aromatic heterocycles. The monoisotopic (exact) mass is 382 g/mol. The summed E-state index contributed by atoms with van der Waals surface area (Å²) >= 11 is 0. The number of pyridine rings is 1. The first-order valence-corrected chi connectivity index (χ1v) is 10.1. The Morgan fingerprint density at radius 1 is 1.00 bits per heavy atom. The summed E-state index contributed by atoms with van der Waals surface area (Å²) in [5.74, 6) is 0.872. The summed E-state index contributed by atoms with van der Waals surface area (Å²) in [4.78, 5) is 18.1. The second-order valence-electron chi connectivity index (χ2n) is 7.44. The van der Waals surface area contributed by atoms with Gasteiger partial charge in [-0.25, -0.2) is 0 Å². The lowest BCUT2D eigenvalue weighted by Gasteiger charge is -2.32. The van der Waals surface area contributed by atoms with Gasteiger partial charge >= 0.3 is 0 Å². The Morgan fingerprint density at radius 2 is 1.61 bits per heavy atom. The van der Waals surface area contributed by atoms with E-state index in [0.717, 1.165) is 37.9 Å². The van der Waals surface area contributed by atoms with E-state index in [1.807, 2.05) is 17.0 Å². The van der Waals surface area contributed by atoms with Crippen LogP contribution in [0.2, 0.25) is 0 Å². The number of hydrogen-bond acceptors (Lipinski definition) is 4. The van der Waals surface area contributed by atoms with E-state index in [4.69, 9.17) is 9.47 Å². The van der Waals surface area contributed by atoms with Crippen molar-refractivity contribution in [2.24, 2.45) is 5.92 Å². The van der Waals surface area contributed by atoms with Crippen molar-refractivity contribution in [2.45, 2.75) is 38.9 Å². The van der Waals surface area contributed by atoms with Crippen LogP contribution in [0.1, 0.15) is 36.0 Å². The third-order valence-corrected chi connectivity index (χ3v) is 5.32. The van der Waals surface area contributed by atoms with E-state index in [2.05, 4.69) is 29.2 Å². The highest BCUT2D eigenvalue weighted by atomic mass is 16.5. The highest BCUT2D eigenvalue weighted by Gasteiger charge is 2.22. The van der Waals surface area contributed by atoms with Gasteiger partial charge < -0.3 is 14.4 Å². The summed E-state index contributed by atoms with van der Waals surface area (Å²) in [6.45, 7) is 3.47. The maximum atomic E-state index is 12.1. The van der Waals surface area contributed by atoms with E-state index in [0.29, 0.717) is 32.2 Å². The van der Waals surface area contributed by atoms with E-state index in [9.17, 15) is 4.79 Å². The standard InChI is InChI=1S/C23H30N2O3/c1-27-15-10-23(26)25-13-8-20(9-14-25)16-19-2-4-21(5-3-19)17-28-18-22-6-11-24-12-7-22/h2-7,11-12,20H,8-10,13-18H2,1H3. The molecule has 0 atom stereocenters. The molecule has 0 radical (unpaired) electrons. The number of methoxy groups -OCH3 is 1. The maximum Gasteiger partial charge on any atom is 0.224 e. The third-order valence-electron chi connectivity index (χ3n) is 5.32. The van der Waals surface area contributed by atoms with Crippen LogP contribution in [-0.2, 0) is 33.9 Å². The molecule has 0 spiro atoms. The average molecular weight is 383 g/mol. The molecule has 0 N–H and O–H groups in total. The van der Waals surface area contributed by atoms with Crippen LogP contribution in [0.15, 0.2) is 48.8 Å². The molecule has 1 fully saturated rings. The number of amides is 1. The van der Waals surface area contributed by atoms with Gasteiger partial charge in [-0.2, -0.15) is 0 Å². The van der Waals surface area contributed by atoms with E-state index in [1.165, 1.54) is 11.1 Å². The minimum Gasteiger partial charge on any atom is -0.384 e. The predicted octanol–water partition coefficient (Wildman–Crippen LogP) is 3.62. The number of ether oxygens (including phenoxy) is 2. The van der Waals surface area contributed by atoms with E-state index < -0.39 is 0 Å². The van der Waals surface area contributed by atoms with Gasteiger partial charge in [0.05, 0.1) is 26.2 Å². The van der Waals surface area contributed by atoms with Gasteiger partial charge in [-0.1, -0.05) is 24.3 Å². The number of aromatic nitrogens is 1. The quantitative estimate of drug-likeness (QED) is 0.665. The van der Waals surface area contributed by atoms with Crippen LogP contribution in [0.4, 0.5) is 0 Å². The van der Waals surface area contributed by atoms with Crippen molar-refractivity contribution in [3.05, 3.63) is 65.5 Å². The van der Waals surface area contributed by atoms with Gasteiger partial charge in [-0.05, 0) is 54.0 Å². The molecule has 1 aliphatic rings. The summed E-state index contributed by atoms with van der Waals surface area (Å²) in [6, 6.07) is 12.7. The molecule has 0 unspecified atom stereocenters. The van der Waals surface area contributed by atoms with Crippen LogP contribution >= 0.6 is 0 Å². The first kappa shape index (κ1) is 20.5. The van der Waals surface area contributed by atoms with Crippen molar-refractivity contribution in [2.75, 3.05) is 26.8 Å². The zero-order valence-electron chi connectivity index (χ0n) is 16.7. The lowest BCUT2D eigenvalue weighted by atomic mass is 9.90. The number of piperidine rings is 1. The molecule has 0 aliphatic carbocycles. The molecule has 0 saturated carbocycles. The molecular weight excluding hydrogens is 352 g/mol. The van der Waals surface area contributed by atoms with Crippen LogP contribution in [-0.4, -0.2) is 42.6 Å². The number of carbonyl (C=O) groups is 1. The molecule has 1 amide bonds. The summed E-state index contributed by atoms with van der Waals surface area (Å²) < 4.78 is 10.8. The number of benzene rings is 1. The Bertz CT molecular complexity index is 710. The highest BCUT2D eigenvalue weighted by Crippen LogP contribution is 2.22. The second kappa shape index (κ2) is 10.9. The van der Waals surface area contributed by atoms with Gasteiger partial charge in [-0.15, -0.1) is 0 Å². The Balaban J connectivity index is 1.38. The lowest BCUT2D eigenvalue weighted by Crippen LogP contribution is -2.39. The number of rotatable bonds is 9. The molecule has 5 heteroatoms. The highest BCUT2D eigenvalue weighted by molar-refractivity contribution is 5.76. The molecule has 5 nitrogen and oxygen atoms in total. The molecular formula is C23H30N2O3. The van der Waals surface area contributed by atoms with Crippen molar-refractivity contribution in [3.8, 4) is 0 Å². The third kappa shape index (κ3) is 6.43. The molecule has 1 saturated heterocycles. The normalized spacial score (nSPS) is 15.0. The summed E-state index contributed by atoms with van der Waals surface area (Å²) in [5, 5.41) is 0. The molecule has 150 valence electrons. The first-order valence-electron chi connectivity index (χ1n) is 10.1. The lowest BCUT2D eigenvalue weighted by molar-refractivity contribution is -0.133. The summed E-state index contributed by atoms with van der Waals surface area (Å²) in [7, 11) is 1.64. The van der Waals surface area contributed by atoms with Crippen LogP contribution in [0, 0.1) is 5.92 Å². The van der Waals surface area contributed by atoms with Crippen molar-refractivity contribution in [1.29, 1.82) is 0 Å². The zero-order chi connectivity index (χ0) is 19.6. The molecule has 2 aromatic rings. The Morgan fingerprint density at radius 3 is 2.25 bits per heavy atom. The van der Waals surface area contributed by atoms with Crippen LogP contribution < -0.4 is 0 Å². The fourth-order valence-corrected chi connectivity index (χ4v) is 3.60. The van der Waals surface area contributed by atoms with Gasteiger partial charge in [0.15, 0.2) is 0 Å². The molecule has 1 aliphatic heterocycles. The molecule has 28 heavy (non-hydrogen) atoms. The topological polar surface area (TPSA) is 51.7 Å². The first-order chi connectivity index (χ1) is 13.7. The Hall–Kier alpha value is -2.24. The fourth-order valence-electron chi connectivity index (χ4n) is 3.60. The van der Waals surface area contributed by atoms with E-state index >= 15 is 0 Å². The Labute approximate surface area is 167 Å². The van der Waals surface area contributed by atoms with Gasteiger partial charge in [0, 0.05) is 32.6 Å². The van der Waals surface area contributed by atoms with Crippen LogP contribution in [0.5, 0.6) is 0 Å².